The molecule has 0 radical (unpaired) electrons. The van der Waals surface area contributed by atoms with Crippen LogP contribution in [0.1, 0.15) is 33.6 Å². The number of ether oxygens (including phenoxy) is 1. The predicted molar refractivity (Wildman–Crippen MR) is 147 cm³/mol. The molecule has 0 aliphatic heterocycles. The van der Waals surface area contributed by atoms with Gasteiger partial charge in [-0.1, -0.05) is 58.6 Å². The summed E-state index contributed by atoms with van der Waals surface area (Å²) < 4.78 is 12.2. The molecule has 0 amide bonds. The van der Waals surface area contributed by atoms with E-state index in [2.05, 4.69) is 95.3 Å². The smallest absolute Gasteiger partial charge is 0.192 e. The summed E-state index contributed by atoms with van der Waals surface area (Å²) in [5, 5.41) is 0.146. The van der Waals surface area contributed by atoms with E-state index in [4.69, 9.17) is 9.16 Å². The van der Waals surface area contributed by atoms with Crippen LogP contribution in [-0.2, 0) is 14.0 Å². The topological polar surface area (TPSA) is 35.5 Å². The van der Waals surface area contributed by atoms with Crippen molar-refractivity contribution in [3.05, 3.63) is 42.7 Å². The van der Waals surface area contributed by atoms with Crippen LogP contribution in [0.3, 0.4) is 0 Å². The zero-order valence-corrected chi connectivity index (χ0v) is 24.7. The minimum absolute atomic E-state index is 0.0548. The Balaban J connectivity index is 2.46. The Bertz CT molecular complexity index is 873. The highest BCUT2D eigenvalue weighted by Gasteiger charge is 2.50. The highest BCUT2D eigenvalue weighted by molar-refractivity contribution is 8.00. The number of rotatable bonds is 8. The van der Waals surface area contributed by atoms with Gasteiger partial charge in [-0.2, -0.15) is 0 Å². The van der Waals surface area contributed by atoms with Crippen LogP contribution in [0.2, 0.25) is 37.8 Å². The summed E-state index contributed by atoms with van der Waals surface area (Å²) in [7, 11) is -1.88. The molecule has 0 heterocycles. The summed E-state index contributed by atoms with van der Waals surface area (Å²) in [5.74, 6) is 3.62. The fourth-order valence-electron chi connectivity index (χ4n) is 3.81. The lowest BCUT2D eigenvalue weighted by atomic mass is 9.88. The number of hydrogen-bond acceptors (Lipinski definition) is 4. The summed E-state index contributed by atoms with van der Waals surface area (Å²) in [4.78, 5) is 14.5. The highest BCUT2D eigenvalue weighted by Crippen LogP contribution is 2.46. The third kappa shape index (κ3) is 8.17. The van der Waals surface area contributed by atoms with Gasteiger partial charge in [0, 0.05) is 34.8 Å². The van der Waals surface area contributed by atoms with E-state index in [1.807, 2.05) is 6.07 Å². The average molecular weight is 503 g/mol. The van der Waals surface area contributed by atoms with E-state index in [-0.39, 0.29) is 34.0 Å². The zero-order chi connectivity index (χ0) is 24.9. The van der Waals surface area contributed by atoms with Gasteiger partial charge in [-0.25, -0.2) is 0 Å². The maximum Gasteiger partial charge on any atom is 0.192 e. The van der Waals surface area contributed by atoms with Gasteiger partial charge in [0.2, 0.25) is 0 Å². The van der Waals surface area contributed by atoms with Gasteiger partial charge in [0.05, 0.1) is 19.5 Å². The first-order valence-electron chi connectivity index (χ1n) is 11.9. The van der Waals surface area contributed by atoms with Crippen molar-refractivity contribution >= 4 is 33.9 Å². The summed E-state index contributed by atoms with van der Waals surface area (Å²) in [6.07, 6.45) is 4.83. The van der Waals surface area contributed by atoms with Crippen LogP contribution in [-0.4, -0.2) is 40.6 Å². The van der Waals surface area contributed by atoms with E-state index in [1.165, 1.54) is 4.90 Å². The Morgan fingerprint density at radius 2 is 1.79 bits per heavy atom. The lowest BCUT2D eigenvalue weighted by Crippen LogP contribution is -2.46. The molecule has 2 rings (SSSR count). The molecule has 0 aromatic heterocycles. The van der Waals surface area contributed by atoms with Gasteiger partial charge in [0.1, 0.15) is 13.9 Å². The van der Waals surface area contributed by atoms with E-state index in [0.29, 0.717) is 12.8 Å². The fourth-order valence-corrected chi connectivity index (χ4v) is 7.09. The maximum absolute atomic E-state index is 13.3. The molecule has 1 fully saturated rings. The molecule has 0 N–H and O–H groups in total. The molecule has 0 bridgehead atoms. The summed E-state index contributed by atoms with van der Waals surface area (Å²) in [6.45, 7) is 18.0. The molecule has 4 atom stereocenters. The number of hydrogen-bond donors (Lipinski definition) is 0. The van der Waals surface area contributed by atoms with Crippen LogP contribution in [0.5, 0.6) is 0 Å². The number of benzene rings is 1. The first-order valence-corrected chi connectivity index (χ1v) is 19.2. The Morgan fingerprint density at radius 3 is 2.33 bits per heavy atom. The molecule has 0 spiro atoms. The van der Waals surface area contributed by atoms with Crippen LogP contribution in [0, 0.1) is 23.3 Å². The quantitative estimate of drug-likeness (QED) is 0.163. The van der Waals surface area contributed by atoms with Crippen molar-refractivity contribution in [3.63, 3.8) is 0 Å². The largest absolute Gasteiger partial charge is 0.505 e. The molecule has 182 valence electrons. The Kier molecular flexibility index (Phi) is 9.70. The number of methoxy groups -OCH3 is 1. The van der Waals surface area contributed by atoms with Crippen LogP contribution in [0.25, 0.3) is 0 Å². The third-order valence-corrected chi connectivity index (χ3v) is 13.3. The van der Waals surface area contributed by atoms with Crippen molar-refractivity contribution < 1.29 is 14.0 Å². The number of thioether (sulfide) groups is 1. The number of carbonyl (C=O) groups excluding carboxylic acids is 1. The molecular formula is C27H42O3SSi2. The van der Waals surface area contributed by atoms with Gasteiger partial charge in [-0.3, -0.25) is 4.79 Å². The average Bonchev–Trinajstić information content (AvgIpc) is 2.98. The third-order valence-electron chi connectivity index (χ3n) is 6.55. The van der Waals surface area contributed by atoms with Gasteiger partial charge in [0.25, 0.3) is 0 Å². The summed E-state index contributed by atoms with van der Waals surface area (Å²) in [5.41, 5.74) is 3.46. The number of ketones is 1. The van der Waals surface area contributed by atoms with Crippen molar-refractivity contribution in [2.75, 3.05) is 7.11 Å². The number of Topliss-reactive ketones (excluding diaryl/α,β-unsaturated/α-hetero) is 1. The van der Waals surface area contributed by atoms with Crippen molar-refractivity contribution in [3.8, 4) is 11.5 Å². The molecule has 1 aromatic rings. The predicted octanol–water partition coefficient (Wildman–Crippen LogP) is 7.17. The second kappa shape index (κ2) is 11.4. The minimum atomic E-state index is -2.05. The standard InChI is InChI=1S/C27H42O3SSi2/c1-27(2,3)33(8,9)30-24-20-23(28)22(16-13-19-32(5,6)7)26(24)25(17-18-29-4)31-21-14-11-10-12-15-21/h10-12,14-15,17-18,22,24-26H,16,20H2,1-9H3/b18-17+/t22-,24+,25?,26+/m0/s1. The van der Waals surface area contributed by atoms with Crippen molar-refractivity contribution in [1.29, 1.82) is 0 Å². The molecule has 1 unspecified atom stereocenters. The molecule has 1 aliphatic carbocycles. The van der Waals surface area contributed by atoms with Gasteiger partial charge in [0.15, 0.2) is 8.32 Å². The van der Waals surface area contributed by atoms with Crippen molar-refractivity contribution in [1.82, 2.24) is 0 Å². The lowest BCUT2D eigenvalue weighted by molar-refractivity contribution is -0.121. The molecular weight excluding hydrogens is 461 g/mol. The minimum Gasteiger partial charge on any atom is -0.505 e. The first-order chi connectivity index (χ1) is 15.2. The molecule has 0 saturated heterocycles. The number of carbonyl (C=O) groups is 1. The van der Waals surface area contributed by atoms with Gasteiger partial charge in [-0.15, -0.1) is 23.2 Å². The van der Waals surface area contributed by atoms with Crippen molar-refractivity contribution in [2.24, 2.45) is 11.8 Å². The van der Waals surface area contributed by atoms with E-state index in [9.17, 15) is 4.79 Å². The van der Waals surface area contributed by atoms with E-state index >= 15 is 0 Å². The second-order valence-electron chi connectivity index (χ2n) is 11.5. The van der Waals surface area contributed by atoms with E-state index in [1.54, 1.807) is 25.1 Å². The normalized spacial score (nSPS) is 22.8. The monoisotopic (exact) mass is 502 g/mol. The Hall–Kier alpha value is -1.27. The molecule has 6 heteroatoms. The first kappa shape index (κ1) is 28.0. The van der Waals surface area contributed by atoms with Crippen molar-refractivity contribution in [2.45, 2.75) is 87.6 Å². The molecule has 1 aliphatic rings. The summed E-state index contributed by atoms with van der Waals surface area (Å²) >= 11 is 1.78. The molecule has 1 aromatic carbocycles. The van der Waals surface area contributed by atoms with Crippen LogP contribution < -0.4 is 0 Å². The highest BCUT2D eigenvalue weighted by atomic mass is 32.2. The van der Waals surface area contributed by atoms with Gasteiger partial charge in [-0.05, 0) is 36.3 Å². The van der Waals surface area contributed by atoms with E-state index in [0.717, 1.165) is 0 Å². The van der Waals surface area contributed by atoms with Crippen LogP contribution >= 0.6 is 11.8 Å². The second-order valence-corrected chi connectivity index (χ2v) is 22.2. The zero-order valence-electron chi connectivity index (χ0n) is 21.9. The fraction of sp³-hybridized carbons (Fsp3) is 0.593. The summed E-state index contributed by atoms with van der Waals surface area (Å²) in [6, 6.07) is 10.4. The Labute approximate surface area is 208 Å². The maximum atomic E-state index is 13.3. The van der Waals surface area contributed by atoms with E-state index < -0.39 is 16.4 Å². The van der Waals surface area contributed by atoms with Crippen LogP contribution in [0.15, 0.2) is 47.6 Å². The SMILES string of the molecule is CO/C=C/C(Sc1ccccc1)[C@H]1[C@H](O[Si](C)(C)C(C)(C)C)CC(=O)[C@@H]1CC#C[Si](C)(C)C. The van der Waals surface area contributed by atoms with Gasteiger partial charge >= 0.3 is 0 Å². The lowest BCUT2D eigenvalue weighted by Gasteiger charge is -2.41. The van der Waals surface area contributed by atoms with Gasteiger partial charge < -0.3 is 9.16 Å². The van der Waals surface area contributed by atoms with Crippen LogP contribution in [0.4, 0.5) is 0 Å². The molecule has 33 heavy (non-hydrogen) atoms. The Morgan fingerprint density at radius 1 is 1.15 bits per heavy atom. The molecule has 1 saturated carbocycles. The molecule has 3 nitrogen and oxygen atoms in total.